The smallest absolute Gasteiger partial charge is 0.406 e. The lowest BCUT2D eigenvalue weighted by Crippen LogP contribution is -2.33. The van der Waals surface area contributed by atoms with E-state index >= 15 is 0 Å². The Labute approximate surface area is 240 Å². The molecule has 12 heteroatoms. The van der Waals surface area contributed by atoms with Crippen LogP contribution in [0.25, 0.3) is 0 Å². The molecule has 0 bridgehead atoms. The zero-order valence-electron chi connectivity index (χ0n) is 22.9. The molecular weight excluding hydrogens is 553 g/mol. The van der Waals surface area contributed by atoms with Gasteiger partial charge in [-0.25, -0.2) is 9.79 Å². The largest absolute Gasteiger partial charge is 0.573 e. The van der Waals surface area contributed by atoms with Gasteiger partial charge >= 0.3 is 12.4 Å². The minimum absolute atomic E-state index is 0.205. The number of thioether (sulfide) groups is 1. The monoisotopic (exact) mass is 582 g/mol. The summed E-state index contributed by atoms with van der Waals surface area (Å²) in [7, 11) is 0. The molecule has 0 saturated carbocycles. The van der Waals surface area contributed by atoms with Crippen molar-refractivity contribution in [3.05, 3.63) is 82.9 Å². The fourth-order valence-electron chi connectivity index (χ4n) is 4.91. The molecule has 8 nitrogen and oxygen atoms in total. The van der Waals surface area contributed by atoms with E-state index in [1.165, 1.54) is 29.8 Å². The summed E-state index contributed by atoms with van der Waals surface area (Å²) in [6.07, 6.45) is -3.59. The van der Waals surface area contributed by atoms with Crippen molar-refractivity contribution in [2.75, 3.05) is 21.0 Å². The number of aliphatic imine (C=N–C) groups is 2. The second-order valence-corrected chi connectivity index (χ2v) is 10.9. The van der Waals surface area contributed by atoms with Crippen molar-refractivity contribution in [2.45, 2.75) is 46.3 Å². The third-order valence-corrected chi connectivity index (χ3v) is 7.79. The third kappa shape index (κ3) is 6.66. The number of halogens is 3. The number of carbonyl (C=O) groups excluding carboxylic acids is 1. The van der Waals surface area contributed by atoms with Crippen LogP contribution < -0.4 is 25.4 Å². The molecule has 2 amide bonds. The van der Waals surface area contributed by atoms with Crippen LogP contribution in [0, 0.1) is 20.8 Å². The molecule has 2 aliphatic heterocycles. The number of benzene rings is 3. The number of amides is 2. The molecule has 2 aliphatic rings. The summed E-state index contributed by atoms with van der Waals surface area (Å²) < 4.78 is 41.1. The van der Waals surface area contributed by atoms with Crippen LogP contribution in [-0.2, 0) is 0 Å². The second-order valence-electron chi connectivity index (χ2n) is 9.93. The predicted octanol–water partition coefficient (Wildman–Crippen LogP) is 7.09. The Morgan fingerprint density at radius 2 is 1.73 bits per heavy atom. The van der Waals surface area contributed by atoms with Crippen LogP contribution in [0.5, 0.6) is 5.75 Å². The highest BCUT2D eigenvalue weighted by Gasteiger charge is 2.32. The molecule has 1 saturated heterocycles. The molecule has 2 atom stereocenters. The minimum atomic E-state index is -4.74. The molecule has 1 fully saturated rings. The number of anilines is 3. The topological polar surface area (TPSA) is 81.6 Å². The lowest BCUT2D eigenvalue weighted by Gasteiger charge is -2.27. The fraction of sp³-hybridized carbons (Fsp3) is 0.276. The zero-order chi connectivity index (χ0) is 29.3. The molecule has 2 heterocycles. The van der Waals surface area contributed by atoms with Crippen LogP contribution in [-0.4, -0.2) is 35.7 Å². The van der Waals surface area contributed by atoms with Gasteiger partial charge in [0.1, 0.15) is 18.3 Å². The van der Waals surface area contributed by atoms with Crippen LogP contribution >= 0.6 is 11.8 Å². The summed E-state index contributed by atoms with van der Waals surface area (Å²) in [6, 6.07) is 16.7. The molecular formula is C29H29F3N6O2S. The van der Waals surface area contributed by atoms with E-state index in [9.17, 15) is 18.0 Å². The highest BCUT2D eigenvalue weighted by Crippen LogP contribution is 2.35. The number of hydrogen-bond donors (Lipinski definition) is 2. The van der Waals surface area contributed by atoms with Crippen molar-refractivity contribution in [2.24, 2.45) is 9.98 Å². The maximum absolute atomic E-state index is 12.9. The van der Waals surface area contributed by atoms with Gasteiger partial charge in [-0.2, -0.15) is 10.4 Å². The number of aryl methyl sites for hydroxylation is 3. The van der Waals surface area contributed by atoms with Gasteiger partial charge in [0, 0.05) is 23.2 Å². The van der Waals surface area contributed by atoms with Crippen LogP contribution in [0.4, 0.5) is 35.0 Å². The lowest BCUT2D eigenvalue weighted by atomic mass is 10.0. The van der Waals surface area contributed by atoms with Crippen molar-refractivity contribution in [3.8, 4) is 5.75 Å². The number of ether oxygens (including phenoxy) is 1. The van der Waals surface area contributed by atoms with Gasteiger partial charge in [-0.15, -0.1) is 13.2 Å². The van der Waals surface area contributed by atoms with Crippen molar-refractivity contribution >= 4 is 46.4 Å². The van der Waals surface area contributed by atoms with Gasteiger partial charge in [-0.3, -0.25) is 5.01 Å². The van der Waals surface area contributed by atoms with Crippen LogP contribution in [0.3, 0.4) is 0 Å². The average molecular weight is 583 g/mol. The molecule has 0 radical (unpaired) electrons. The van der Waals surface area contributed by atoms with Gasteiger partial charge < -0.3 is 15.0 Å². The summed E-state index contributed by atoms with van der Waals surface area (Å²) in [6.45, 7) is 8.36. The number of hydrogen-bond acceptors (Lipinski definition) is 6. The van der Waals surface area contributed by atoms with Crippen LogP contribution in [0.2, 0.25) is 0 Å². The van der Waals surface area contributed by atoms with Gasteiger partial charge in [0.05, 0.1) is 5.69 Å². The van der Waals surface area contributed by atoms with E-state index in [1.54, 1.807) is 35.2 Å². The number of rotatable bonds is 5. The van der Waals surface area contributed by atoms with Gasteiger partial charge in [0.25, 0.3) is 0 Å². The summed E-state index contributed by atoms with van der Waals surface area (Å²) >= 11 is 1.56. The number of hydrazine groups is 1. The highest BCUT2D eigenvalue weighted by molar-refractivity contribution is 8.14. The Bertz CT molecular complexity index is 1470. The summed E-state index contributed by atoms with van der Waals surface area (Å²) in [5.41, 5.74) is 9.77. The quantitative estimate of drug-likeness (QED) is 0.334. The number of nitrogens with one attached hydrogen (secondary N) is 2. The molecule has 0 spiro atoms. The van der Waals surface area contributed by atoms with E-state index in [1.807, 2.05) is 12.1 Å². The number of carbonyl (C=O) groups is 1. The second kappa shape index (κ2) is 11.5. The van der Waals surface area contributed by atoms with Crippen molar-refractivity contribution in [1.29, 1.82) is 0 Å². The van der Waals surface area contributed by atoms with Gasteiger partial charge in [-0.1, -0.05) is 41.6 Å². The Hall–Kier alpha value is -4.03. The Kier molecular flexibility index (Phi) is 7.96. The van der Waals surface area contributed by atoms with E-state index in [0.29, 0.717) is 16.5 Å². The van der Waals surface area contributed by atoms with E-state index in [4.69, 9.17) is 0 Å². The Balaban J connectivity index is 1.21. The summed E-state index contributed by atoms with van der Waals surface area (Å²) in [5, 5.41) is 5.12. The Morgan fingerprint density at radius 3 is 2.37 bits per heavy atom. The molecule has 5 rings (SSSR count). The number of urea groups is 1. The molecule has 0 aliphatic carbocycles. The first kappa shape index (κ1) is 28.5. The molecule has 2 N–H and O–H groups in total. The predicted molar refractivity (Wildman–Crippen MR) is 158 cm³/mol. The van der Waals surface area contributed by atoms with E-state index in [0.717, 1.165) is 28.1 Å². The first-order valence-corrected chi connectivity index (χ1v) is 13.9. The van der Waals surface area contributed by atoms with Crippen molar-refractivity contribution < 1.29 is 22.7 Å². The molecule has 0 aromatic heterocycles. The van der Waals surface area contributed by atoms with E-state index < -0.39 is 18.6 Å². The van der Waals surface area contributed by atoms with Crippen molar-refractivity contribution in [1.82, 2.24) is 5.43 Å². The molecule has 2 unspecified atom stereocenters. The maximum Gasteiger partial charge on any atom is 0.573 e. The number of amidine groups is 1. The maximum atomic E-state index is 12.9. The van der Waals surface area contributed by atoms with E-state index in [2.05, 4.69) is 70.2 Å². The van der Waals surface area contributed by atoms with Crippen molar-refractivity contribution in [3.63, 3.8) is 0 Å². The summed E-state index contributed by atoms with van der Waals surface area (Å²) in [4.78, 5) is 23.8. The first-order chi connectivity index (χ1) is 19.5. The van der Waals surface area contributed by atoms with Gasteiger partial charge in [0.2, 0.25) is 0 Å². The lowest BCUT2D eigenvalue weighted by molar-refractivity contribution is -0.274. The average Bonchev–Trinajstić information content (AvgIpc) is 3.51. The van der Waals surface area contributed by atoms with E-state index in [-0.39, 0.29) is 11.8 Å². The normalized spacial score (nSPS) is 19.7. The third-order valence-electron chi connectivity index (χ3n) is 6.59. The SMILES string of the molecule is Cc1cc(C)c(N2C(=NC(=O)Nc3ccc(C4N=CN(c5ccc(OC(F)(F)F)cc5)N4)cc3)SCC2C)c(C)c1. The molecule has 3 aromatic rings. The van der Waals surface area contributed by atoms with Crippen LogP contribution in [0.1, 0.15) is 35.3 Å². The summed E-state index contributed by atoms with van der Waals surface area (Å²) in [5.74, 6) is 0.538. The molecule has 3 aromatic carbocycles. The Morgan fingerprint density at radius 1 is 1.07 bits per heavy atom. The molecule has 214 valence electrons. The van der Waals surface area contributed by atoms with Gasteiger partial charge in [0.15, 0.2) is 5.17 Å². The number of nitrogens with zero attached hydrogens (tertiary/aromatic N) is 4. The van der Waals surface area contributed by atoms with Crippen LogP contribution in [0.15, 0.2) is 70.6 Å². The standard InChI is InChI=1S/C29H29F3N6O2S/c1-17-13-18(2)25(19(3)14-17)38-20(4)15-41-28(38)35-27(39)34-22-7-5-21(6-8-22)26-33-16-37(36-26)23-9-11-24(12-10-23)40-29(30,31)32/h5-14,16,20,26,36H,15H2,1-4H3,(H,34,39). The number of alkyl halides is 3. The first-order valence-electron chi connectivity index (χ1n) is 12.9. The van der Waals surface area contributed by atoms with Gasteiger partial charge in [-0.05, 0) is 80.8 Å². The highest BCUT2D eigenvalue weighted by atomic mass is 32.2. The fourth-order valence-corrected chi connectivity index (χ4v) is 6.01. The molecule has 41 heavy (non-hydrogen) atoms. The minimum Gasteiger partial charge on any atom is -0.406 e. The zero-order valence-corrected chi connectivity index (χ0v) is 23.7.